The molecule has 0 aliphatic rings. The van der Waals surface area contributed by atoms with Crippen molar-refractivity contribution in [2.45, 2.75) is 46.1 Å². The molecule has 6 nitrogen and oxygen atoms in total. The fourth-order valence-electron chi connectivity index (χ4n) is 3.19. The van der Waals surface area contributed by atoms with Crippen molar-refractivity contribution in [3.8, 4) is 5.82 Å². The molecule has 1 aromatic carbocycles. The van der Waals surface area contributed by atoms with Crippen LogP contribution in [0.25, 0.3) is 5.82 Å². The van der Waals surface area contributed by atoms with Gasteiger partial charge >= 0.3 is 0 Å². The van der Waals surface area contributed by atoms with Crippen molar-refractivity contribution in [1.29, 1.82) is 0 Å². The molecule has 2 aromatic heterocycles. The fraction of sp³-hybridized carbons (Fsp3) is 0.375. The molecule has 3 aromatic rings. The van der Waals surface area contributed by atoms with Gasteiger partial charge in [-0.1, -0.05) is 51.1 Å². The minimum Gasteiger partial charge on any atom is -0.356 e. The maximum Gasteiger partial charge on any atom is 0.191 e. The Balaban J connectivity index is 0.00000341. The molecule has 2 heterocycles. The smallest absolute Gasteiger partial charge is 0.191 e. The number of aliphatic imine (C=N–C) groups is 1. The van der Waals surface area contributed by atoms with Crippen LogP contribution in [0.3, 0.4) is 0 Å². The van der Waals surface area contributed by atoms with Crippen LogP contribution in [-0.2, 0) is 18.4 Å². The van der Waals surface area contributed by atoms with Gasteiger partial charge in [-0.15, -0.1) is 24.0 Å². The molecule has 166 valence electrons. The number of benzene rings is 1. The Kier molecular flexibility index (Phi) is 9.03. The van der Waals surface area contributed by atoms with Crippen molar-refractivity contribution in [3.63, 3.8) is 0 Å². The lowest BCUT2D eigenvalue weighted by molar-refractivity contribution is 0.590. The van der Waals surface area contributed by atoms with Gasteiger partial charge < -0.3 is 10.6 Å². The average Bonchev–Trinajstić information content (AvgIpc) is 3.16. The number of aryl methyl sites for hydroxylation is 1. The van der Waals surface area contributed by atoms with Crippen LogP contribution in [0.5, 0.6) is 0 Å². The number of guanidine groups is 1. The van der Waals surface area contributed by atoms with Crippen LogP contribution in [0, 0.1) is 6.92 Å². The summed E-state index contributed by atoms with van der Waals surface area (Å²) in [5.74, 6) is 2.58. The molecule has 0 atom stereocenters. The van der Waals surface area contributed by atoms with E-state index in [4.69, 9.17) is 0 Å². The molecule has 0 unspecified atom stereocenters. The molecule has 0 radical (unpaired) electrons. The summed E-state index contributed by atoms with van der Waals surface area (Å²) in [7, 11) is 1.79. The number of hydrogen-bond acceptors (Lipinski definition) is 3. The van der Waals surface area contributed by atoms with E-state index >= 15 is 0 Å². The number of nitrogens with zero attached hydrogens (tertiary/aromatic N) is 4. The Morgan fingerprint density at radius 3 is 2.26 bits per heavy atom. The number of rotatable bonds is 6. The molecule has 2 N–H and O–H groups in total. The summed E-state index contributed by atoms with van der Waals surface area (Å²) < 4.78 is 1.96. The third-order valence-electron chi connectivity index (χ3n) is 5.09. The van der Waals surface area contributed by atoms with Crippen LogP contribution >= 0.6 is 24.0 Å². The molecular weight excluding hydrogens is 499 g/mol. The first-order valence-electron chi connectivity index (χ1n) is 10.4. The summed E-state index contributed by atoms with van der Waals surface area (Å²) in [4.78, 5) is 13.1. The number of imidazole rings is 1. The first-order chi connectivity index (χ1) is 14.4. The van der Waals surface area contributed by atoms with E-state index in [1.807, 2.05) is 30.0 Å². The standard InChI is InChI=1S/C24H32N6.HI/c1-18-26-14-15-30(18)22-11-8-20(16-28-22)17-29-23(25-5)27-13-12-19-6-9-21(10-7-19)24(2,3)4;/h6-11,14-16H,12-13,17H2,1-5H3,(H2,25,27,29);1H. The normalized spacial score (nSPS) is 11.7. The predicted octanol–water partition coefficient (Wildman–Crippen LogP) is 4.40. The molecular formula is C24H33IN6. The van der Waals surface area contributed by atoms with E-state index in [9.17, 15) is 0 Å². The van der Waals surface area contributed by atoms with E-state index in [2.05, 4.69) is 76.7 Å². The van der Waals surface area contributed by atoms with Crippen LogP contribution in [-0.4, -0.2) is 34.1 Å². The second-order valence-corrected chi connectivity index (χ2v) is 8.42. The SMILES string of the molecule is CN=C(NCCc1ccc(C(C)(C)C)cc1)NCc1ccc(-n2ccnc2C)nc1.I. The van der Waals surface area contributed by atoms with Crippen molar-refractivity contribution in [2.24, 2.45) is 4.99 Å². The zero-order valence-electron chi connectivity index (χ0n) is 19.0. The molecule has 0 saturated heterocycles. The Morgan fingerprint density at radius 1 is 1.00 bits per heavy atom. The molecule has 0 aliphatic heterocycles. The van der Waals surface area contributed by atoms with Crippen molar-refractivity contribution in [1.82, 2.24) is 25.2 Å². The molecule has 0 aliphatic carbocycles. The van der Waals surface area contributed by atoms with Crippen LogP contribution in [0.15, 0.2) is 60.0 Å². The third-order valence-corrected chi connectivity index (χ3v) is 5.09. The zero-order chi connectivity index (χ0) is 21.6. The summed E-state index contributed by atoms with van der Waals surface area (Å²) in [5, 5.41) is 6.73. The van der Waals surface area contributed by atoms with E-state index in [1.54, 1.807) is 13.2 Å². The summed E-state index contributed by atoms with van der Waals surface area (Å²) in [6, 6.07) is 13.0. The van der Waals surface area contributed by atoms with Gasteiger partial charge in [0.2, 0.25) is 0 Å². The van der Waals surface area contributed by atoms with E-state index in [0.29, 0.717) is 6.54 Å². The maximum absolute atomic E-state index is 4.53. The molecule has 7 heteroatoms. The minimum atomic E-state index is 0. The van der Waals surface area contributed by atoms with Crippen LogP contribution in [0.1, 0.15) is 43.3 Å². The van der Waals surface area contributed by atoms with Gasteiger partial charge in [0.1, 0.15) is 11.6 Å². The van der Waals surface area contributed by atoms with Gasteiger partial charge in [-0.3, -0.25) is 9.56 Å². The predicted molar refractivity (Wildman–Crippen MR) is 139 cm³/mol. The highest BCUT2D eigenvalue weighted by atomic mass is 127. The molecule has 0 fully saturated rings. The van der Waals surface area contributed by atoms with E-state index in [-0.39, 0.29) is 29.4 Å². The number of hydrogen-bond donors (Lipinski definition) is 2. The highest BCUT2D eigenvalue weighted by molar-refractivity contribution is 14.0. The molecule has 3 rings (SSSR count). The quantitative estimate of drug-likeness (QED) is 0.281. The fourth-order valence-corrected chi connectivity index (χ4v) is 3.19. The lowest BCUT2D eigenvalue weighted by Gasteiger charge is -2.19. The largest absolute Gasteiger partial charge is 0.356 e. The van der Waals surface area contributed by atoms with Crippen LogP contribution in [0.4, 0.5) is 0 Å². The molecule has 0 bridgehead atoms. The van der Waals surface area contributed by atoms with Gasteiger partial charge in [-0.25, -0.2) is 9.97 Å². The highest BCUT2D eigenvalue weighted by Gasteiger charge is 2.12. The first-order valence-corrected chi connectivity index (χ1v) is 10.4. The second kappa shape index (κ2) is 11.3. The van der Waals surface area contributed by atoms with Crippen molar-refractivity contribution in [3.05, 3.63) is 77.5 Å². The number of halogens is 1. The van der Waals surface area contributed by atoms with E-state index in [1.165, 1.54) is 11.1 Å². The third kappa shape index (κ3) is 7.05. The minimum absolute atomic E-state index is 0. The Labute approximate surface area is 202 Å². The van der Waals surface area contributed by atoms with Gasteiger partial charge in [0.15, 0.2) is 5.96 Å². The lowest BCUT2D eigenvalue weighted by Crippen LogP contribution is -2.37. The maximum atomic E-state index is 4.53. The Hall–Kier alpha value is -2.42. The Bertz CT molecular complexity index is 969. The summed E-state index contributed by atoms with van der Waals surface area (Å²) in [6.45, 7) is 10.2. The van der Waals surface area contributed by atoms with Crippen LogP contribution in [0.2, 0.25) is 0 Å². The van der Waals surface area contributed by atoms with Crippen molar-refractivity contribution < 1.29 is 0 Å². The summed E-state index contributed by atoms with van der Waals surface area (Å²) in [6.07, 6.45) is 6.52. The zero-order valence-corrected chi connectivity index (χ0v) is 21.3. The van der Waals surface area contributed by atoms with Crippen molar-refractivity contribution >= 4 is 29.9 Å². The molecule has 0 spiro atoms. The second-order valence-electron chi connectivity index (χ2n) is 8.42. The van der Waals surface area contributed by atoms with Gasteiger partial charge in [0, 0.05) is 38.7 Å². The highest BCUT2D eigenvalue weighted by Crippen LogP contribution is 2.22. The summed E-state index contributed by atoms with van der Waals surface area (Å²) in [5.41, 5.74) is 3.96. The van der Waals surface area contributed by atoms with Gasteiger partial charge in [0.25, 0.3) is 0 Å². The van der Waals surface area contributed by atoms with Crippen LogP contribution < -0.4 is 10.6 Å². The monoisotopic (exact) mass is 532 g/mol. The van der Waals surface area contributed by atoms with Gasteiger partial charge in [-0.05, 0) is 41.5 Å². The number of nitrogens with one attached hydrogen (secondary N) is 2. The topological polar surface area (TPSA) is 67.1 Å². The average molecular weight is 532 g/mol. The van der Waals surface area contributed by atoms with E-state index in [0.717, 1.165) is 36.1 Å². The Morgan fingerprint density at radius 2 is 1.71 bits per heavy atom. The van der Waals surface area contributed by atoms with Crippen molar-refractivity contribution in [2.75, 3.05) is 13.6 Å². The number of aromatic nitrogens is 3. The molecule has 0 saturated carbocycles. The lowest BCUT2D eigenvalue weighted by atomic mass is 9.86. The van der Waals surface area contributed by atoms with Gasteiger partial charge in [-0.2, -0.15) is 0 Å². The first kappa shape index (κ1) is 24.8. The molecule has 0 amide bonds. The number of pyridine rings is 1. The van der Waals surface area contributed by atoms with Gasteiger partial charge in [0.05, 0.1) is 0 Å². The van der Waals surface area contributed by atoms with E-state index < -0.39 is 0 Å². The summed E-state index contributed by atoms with van der Waals surface area (Å²) >= 11 is 0. The molecule has 31 heavy (non-hydrogen) atoms.